The van der Waals surface area contributed by atoms with E-state index in [2.05, 4.69) is 13.8 Å². The van der Waals surface area contributed by atoms with Crippen molar-refractivity contribution in [3.63, 3.8) is 0 Å². The summed E-state index contributed by atoms with van der Waals surface area (Å²) in [6.07, 6.45) is 6.30. The van der Waals surface area contributed by atoms with Gasteiger partial charge in [0.05, 0.1) is 0 Å². The van der Waals surface area contributed by atoms with Crippen LogP contribution in [0.2, 0.25) is 0 Å². The Kier molecular flexibility index (Phi) is 9.64. The fraction of sp³-hybridized carbons (Fsp3) is 1.00. The lowest BCUT2D eigenvalue weighted by molar-refractivity contribution is 0.536. The summed E-state index contributed by atoms with van der Waals surface area (Å²) in [5.74, 6) is 2.57. The highest BCUT2D eigenvalue weighted by molar-refractivity contribution is 7.99. The molecule has 0 bridgehead atoms. The molecule has 0 radical (unpaired) electrons. The third kappa shape index (κ3) is 8.41. The first-order valence-electron chi connectivity index (χ1n) is 5.14. The Labute approximate surface area is 81.5 Å². The Hall–Kier alpha value is 0.310. The highest BCUT2D eigenvalue weighted by Gasteiger charge is 1.99. The largest absolute Gasteiger partial charge is 0.328 e. The van der Waals surface area contributed by atoms with E-state index in [0.29, 0.717) is 6.04 Å². The van der Waals surface area contributed by atoms with E-state index in [1.165, 1.54) is 43.6 Å². The number of unbranched alkanes of at least 4 members (excludes halogenated alkanes) is 1. The summed E-state index contributed by atoms with van der Waals surface area (Å²) in [5.41, 5.74) is 5.89. The van der Waals surface area contributed by atoms with Crippen molar-refractivity contribution in [2.75, 3.05) is 11.5 Å². The minimum Gasteiger partial charge on any atom is -0.328 e. The van der Waals surface area contributed by atoms with E-state index in [0.717, 1.165) is 0 Å². The third-order valence-electron chi connectivity index (χ3n) is 1.98. The molecule has 0 saturated heterocycles. The van der Waals surface area contributed by atoms with Gasteiger partial charge >= 0.3 is 0 Å². The van der Waals surface area contributed by atoms with Gasteiger partial charge in [0.25, 0.3) is 0 Å². The highest BCUT2D eigenvalue weighted by atomic mass is 32.2. The summed E-state index contributed by atoms with van der Waals surface area (Å²) >= 11 is 2.03. The first-order valence-corrected chi connectivity index (χ1v) is 6.30. The number of rotatable bonds is 8. The van der Waals surface area contributed by atoms with Gasteiger partial charge in [0, 0.05) is 6.04 Å². The Morgan fingerprint density at radius 3 is 2.50 bits per heavy atom. The van der Waals surface area contributed by atoms with Gasteiger partial charge in [0.1, 0.15) is 0 Å². The van der Waals surface area contributed by atoms with E-state index in [-0.39, 0.29) is 0 Å². The van der Waals surface area contributed by atoms with Gasteiger partial charge in [0.2, 0.25) is 0 Å². The van der Waals surface area contributed by atoms with Gasteiger partial charge in [-0.3, -0.25) is 0 Å². The Balaban J connectivity index is 2.97. The average Bonchev–Trinajstić information content (AvgIpc) is 2.05. The maximum atomic E-state index is 5.89. The van der Waals surface area contributed by atoms with Gasteiger partial charge in [-0.25, -0.2) is 0 Å². The summed E-state index contributed by atoms with van der Waals surface area (Å²) in [5, 5.41) is 0. The molecule has 1 nitrogen and oxygen atoms in total. The molecule has 0 aliphatic rings. The summed E-state index contributed by atoms with van der Waals surface area (Å²) < 4.78 is 0. The molecule has 0 heterocycles. The normalized spacial score (nSPS) is 13.2. The molecular weight excluding hydrogens is 166 g/mol. The summed E-state index contributed by atoms with van der Waals surface area (Å²) in [4.78, 5) is 0. The smallest absolute Gasteiger partial charge is 0.00387 e. The molecule has 2 heteroatoms. The van der Waals surface area contributed by atoms with Crippen LogP contribution in [0.5, 0.6) is 0 Å². The van der Waals surface area contributed by atoms with E-state index in [1.54, 1.807) is 0 Å². The number of hydrogen-bond donors (Lipinski definition) is 1. The maximum Gasteiger partial charge on any atom is 0.00387 e. The van der Waals surface area contributed by atoms with Gasteiger partial charge in [-0.1, -0.05) is 26.7 Å². The standard InChI is InChI=1S/C10H23NS/c1-3-7-10(11)8-5-6-9-12-4-2/h10H,3-9,11H2,1-2H3. The van der Waals surface area contributed by atoms with Crippen LogP contribution >= 0.6 is 11.8 Å². The number of thioether (sulfide) groups is 1. The lowest BCUT2D eigenvalue weighted by Crippen LogP contribution is -2.19. The average molecular weight is 189 g/mol. The van der Waals surface area contributed by atoms with Gasteiger partial charge in [-0.15, -0.1) is 0 Å². The lowest BCUT2D eigenvalue weighted by Gasteiger charge is -2.08. The molecule has 0 aromatic rings. The van der Waals surface area contributed by atoms with Gasteiger partial charge in [0.15, 0.2) is 0 Å². The Morgan fingerprint density at radius 1 is 1.17 bits per heavy atom. The molecule has 0 aromatic carbocycles. The zero-order chi connectivity index (χ0) is 9.23. The molecule has 0 fully saturated rings. The molecule has 0 rings (SSSR count). The minimum absolute atomic E-state index is 0.460. The van der Waals surface area contributed by atoms with Crippen LogP contribution in [0.4, 0.5) is 0 Å². The zero-order valence-electron chi connectivity index (χ0n) is 8.51. The summed E-state index contributed by atoms with van der Waals surface area (Å²) in [7, 11) is 0. The predicted molar refractivity (Wildman–Crippen MR) is 59.7 cm³/mol. The fourth-order valence-corrected chi connectivity index (χ4v) is 1.97. The van der Waals surface area contributed by atoms with Crippen molar-refractivity contribution in [3.8, 4) is 0 Å². The van der Waals surface area contributed by atoms with Gasteiger partial charge in [-0.2, -0.15) is 11.8 Å². The summed E-state index contributed by atoms with van der Waals surface area (Å²) in [6, 6.07) is 0.460. The highest BCUT2D eigenvalue weighted by Crippen LogP contribution is 2.08. The van der Waals surface area contributed by atoms with Gasteiger partial charge < -0.3 is 5.73 Å². The fourth-order valence-electron chi connectivity index (χ4n) is 1.27. The van der Waals surface area contributed by atoms with Gasteiger partial charge in [-0.05, 0) is 30.8 Å². The topological polar surface area (TPSA) is 26.0 Å². The van der Waals surface area contributed by atoms with E-state index in [9.17, 15) is 0 Å². The molecule has 1 unspecified atom stereocenters. The molecule has 0 aliphatic heterocycles. The van der Waals surface area contributed by atoms with E-state index in [4.69, 9.17) is 5.73 Å². The van der Waals surface area contributed by atoms with Crippen molar-refractivity contribution < 1.29 is 0 Å². The Morgan fingerprint density at radius 2 is 1.92 bits per heavy atom. The molecule has 0 saturated carbocycles. The van der Waals surface area contributed by atoms with Crippen molar-refractivity contribution in [1.29, 1.82) is 0 Å². The van der Waals surface area contributed by atoms with Crippen LogP contribution in [-0.2, 0) is 0 Å². The van der Waals surface area contributed by atoms with Crippen LogP contribution in [0.3, 0.4) is 0 Å². The quantitative estimate of drug-likeness (QED) is 0.594. The SMILES string of the molecule is CCCC(N)CCCCSCC. The van der Waals surface area contributed by atoms with Crippen LogP contribution in [0.15, 0.2) is 0 Å². The van der Waals surface area contributed by atoms with E-state index >= 15 is 0 Å². The number of nitrogens with two attached hydrogens (primary N) is 1. The second-order valence-corrected chi connectivity index (χ2v) is 4.64. The molecule has 74 valence electrons. The first kappa shape index (κ1) is 12.3. The lowest BCUT2D eigenvalue weighted by atomic mass is 10.1. The molecule has 1 atom stereocenters. The molecule has 0 amide bonds. The van der Waals surface area contributed by atoms with Crippen LogP contribution in [0.1, 0.15) is 46.0 Å². The molecular formula is C10H23NS. The molecule has 0 aromatic heterocycles. The second kappa shape index (κ2) is 9.40. The van der Waals surface area contributed by atoms with Crippen LogP contribution in [-0.4, -0.2) is 17.5 Å². The molecule has 2 N–H and O–H groups in total. The molecule has 12 heavy (non-hydrogen) atoms. The van der Waals surface area contributed by atoms with Crippen molar-refractivity contribution in [2.45, 2.75) is 52.0 Å². The van der Waals surface area contributed by atoms with Crippen molar-refractivity contribution in [1.82, 2.24) is 0 Å². The van der Waals surface area contributed by atoms with E-state index in [1.807, 2.05) is 11.8 Å². The third-order valence-corrected chi connectivity index (χ3v) is 2.96. The monoisotopic (exact) mass is 189 g/mol. The van der Waals surface area contributed by atoms with Crippen LogP contribution in [0, 0.1) is 0 Å². The minimum atomic E-state index is 0.460. The maximum absolute atomic E-state index is 5.89. The zero-order valence-corrected chi connectivity index (χ0v) is 9.33. The van der Waals surface area contributed by atoms with Crippen molar-refractivity contribution in [3.05, 3.63) is 0 Å². The van der Waals surface area contributed by atoms with E-state index < -0.39 is 0 Å². The summed E-state index contributed by atoms with van der Waals surface area (Å²) in [6.45, 7) is 4.42. The number of hydrogen-bond acceptors (Lipinski definition) is 2. The Bertz CT molecular complexity index is 85.9. The predicted octanol–water partition coefficient (Wildman–Crippen LogP) is 3.04. The first-order chi connectivity index (χ1) is 5.81. The van der Waals surface area contributed by atoms with Crippen molar-refractivity contribution in [2.24, 2.45) is 5.73 Å². The molecule has 0 spiro atoms. The van der Waals surface area contributed by atoms with Crippen LogP contribution in [0.25, 0.3) is 0 Å². The van der Waals surface area contributed by atoms with Crippen LogP contribution < -0.4 is 5.73 Å². The van der Waals surface area contributed by atoms with Crippen molar-refractivity contribution >= 4 is 11.8 Å². The second-order valence-electron chi connectivity index (χ2n) is 3.24. The molecule has 0 aliphatic carbocycles.